The third-order valence-corrected chi connectivity index (χ3v) is 4.06. The Hall–Kier alpha value is 0.440. The summed E-state index contributed by atoms with van der Waals surface area (Å²) in [7, 11) is 0. The molecule has 0 aromatic heterocycles. The van der Waals surface area contributed by atoms with E-state index in [-0.39, 0.29) is 0 Å². The number of rotatable bonds is 9. The maximum absolute atomic E-state index is 3.63. The Morgan fingerprint density at radius 3 is 2.20 bits per heavy atom. The van der Waals surface area contributed by atoms with Crippen molar-refractivity contribution >= 4 is 15.9 Å². The number of nitrogens with zero attached hydrogens (tertiary/aromatic N) is 1. The lowest BCUT2D eigenvalue weighted by molar-refractivity contribution is 0.213. The molecule has 92 valence electrons. The Bertz CT molecular complexity index is 138. The molecule has 0 N–H and O–H groups in total. The van der Waals surface area contributed by atoms with Crippen LogP contribution in [0.2, 0.25) is 0 Å². The second-order valence-corrected chi connectivity index (χ2v) is 5.32. The Kier molecular flexibility index (Phi) is 9.93. The molecule has 0 aromatic rings. The number of halogens is 1. The summed E-state index contributed by atoms with van der Waals surface area (Å²) < 4.78 is 0. The molecular weight excluding hydrogens is 250 g/mol. The van der Waals surface area contributed by atoms with E-state index in [2.05, 4.69) is 48.5 Å². The molecule has 0 bridgehead atoms. The molecule has 2 heteroatoms. The van der Waals surface area contributed by atoms with Crippen LogP contribution in [0.25, 0.3) is 0 Å². The molecule has 2 atom stereocenters. The monoisotopic (exact) mass is 277 g/mol. The second kappa shape index (κ2) is 9.65. The topological polar surface area (TPSA) is 3.24 Å². The standard InChI is InChI=1S/C13H28BrN/c1-5-8-13(9-14)11-15(7-3)10-12(4)6-2/h12-13H,5-11H2,1-4H3. The molecule has 0 amide bonds. The van der Waals surface area contributed by atoms with Gasteiger partial charge in [-0.25, -0.2) is 0 Å². The van der Waals surface area contributed by atoms with Crippen molar-refractivity contribution in [2.75, 3.05) is 25.0 Å². The van der Waals surface area contributed by atoms with Gasteiger partial charge in [0.05, 0.1) is 0 Å². The van der Waals surface area contributed by atoms with E-state index in [1.807, 2.05) is 0 Å². The van der Waals surface area contributed by atoms with Gasteiger partial charge in [0.25, 0.3) is 0 Å². The molecule has 0 aliphatic carbocycles. The largest absolute Gasteiger partial charge is 0.303 e. The third-order valence-electron chi connectivity index (χ3n) is 3.15. The minimum atomic E-state index is 0.832. The second-order valence-electron chi connectivity index (χ2n) is 4.67. The van der Waals surface area contributed by atoms with Gasteiger partial charge in [-0.2, -0.15) is 0 Å². The summed E-state index contributed by atoms with van der Waals surface area (Å²) in [5, 5.41) is 1.15. The summed E-state index contributed by atoms with van der Waals surface area (Å²) in [6, 6.07) is 0. The van der Waals surface area contributed by atoms with E-state index in [4.69, 9.17) is 0 Å². The summed E-state index contributed by atoms with van der Waals surface area (Å²) in [6.07, 6.45) is 3.95. The molecule has 0 saturated carbocycles. The smallest absolute Gasteiger partial charge is 0.00718 e. The van der Waals surface area contributed by atoms with E-state index in [1.165, 1.54) is 38.9 Å². The quantitative estimate of drug-likeness (QED) is 0.572. The van der Waals surface area contributed by atoms with Crippen molar-refractivity contribution in [3.8, 4) is 0 Å². The fraction of sp³-hybridized carbons (Fsp3) is 1.00. The van der Waals surface area contributed by atoms with E-state index >= 15 is 0 Å². The van der Waals surface area contributed by atoms with Gasteiger partial charge < -0.3 is 4.90 Å². The summed E-state index contributed by atoms with van der Waals surface area (Å²) in [4.78, 5) is 2.61. The predicted octanol–water partition coefficient (Wildman–Crippen LogP) is 4.17. The van der Waals surface area contributed by atoms with Gasteiger partial charge in [-0.1, -0.05) is 56.5 Å². The maximum Gasteiger partial charge on any atom is 0.00718 e. The summed E-state index contributed by atoms with van der Waals surface area (Å²) >= 11 is 3.63. The fourth-order valence-corrected chi connectivity index (χ4v) is 2.42. The first-order valence-corrected chi connectivity index (χ1v) is 7.58. The lowest BCUT2D eigenvalue weighted by Crippen LogP contribution is -2.33. The van der Waals surface area contributed by atoms with Gasteiger partial charge in [0.15, 0.2) is 0 Å². The molecule has 0 spiro atoms. The minimum Gasteiger partial charge on any atom is -0.303 e. The van der Waals surface area contributed by atoms with Crippen molar-refractivity contribution in [1.82, 2.24) is 4.90 Å². The van der Waals surface area contributed by atoms with Crippen LogP contribution in [0.4, 0.5) is 0 Å². The molecule has 0 saturated heterocycles. The third kappa shape index (κ3) is 7.35. The Labute approximate surface area is 105 Å². The SMILES string of the molecule is CCCC(CBr)CN(CC)CC(C)CC. The molecule has 15 heavy (non-hydrogen) atoms. The minimum absolute atomic E-state index is 0.832. The first-order chi connectivity index (χ1) is 7.17. The maximum atomic E-state index is 3.63. The van der Waals surface area contributed by atoms with E-state index in [9.17, 15) is 0 Å². The van der Waals surface area contributed by atoms with Crippen LogP contribution in [0.1, 0.15) is 47.0 Å². The fourth-order valence-electron chi connectivity index (χ4n) is 1.89. The highest BCUT2D eigenvalue weighted by molar-refractivity contribution is 9.09. The lowest BCUT2D eigenvalue weighted by Gasteiger charge is -2.27. The summed E-state index contributed by atoms with van der Waals surface area (Å²) in [6.45, 7) is 12.9. The number of hydrogen-bond acceptors (Lipinski definition) is 1. The van der Waals surface area contributed by atoms with Crippen molar-refractivity contribution in [3.05, 3.63) is 0 Å². The van der Waals surface area contributed by atoms with Crippen LogP contribution in [-0.2, 0) is 0 Å². The van der Waals surface area contributed by atoms with Gasteiger partial charge in [-0.05, 0) is 24.8 Å². The van der Waals surface area contributed by atoms with Crippen LogP contribution >= 0.6 is 15.9 Å². The molecular formula is C13H28BrN. The van der Waals surface area contributed by atoms with Crippen molar-refractivity contribution in [2.24, 2.45) is 11.8 Å². The predicted molar refractivity (Wildman–Crippen MR) is 73.8 cm³/mol. The molecule has 0 radical (unpaired) electrons. The molecule has 1 nitrogen and oxygen atoms in total. The normalized spacial score (nSPS) is 15.6. The van der Waals surface area contributed by atoms with E-state index < -0.39 is 0 Å². The molecule has 0 aliphatic rings. The first kappa shape index (κ1) is 15.4. The van der Waals surface area contributed by atoms with Crippen LogP contribution in [-0.4, -0.2) is 29.9 Å². The van der Waals surface area contributed by atoms with Crippen molar-refractivity contribution < 1.29 is 0 Å². The summed E-state index contributed by atoms with van der Waals surface area (Å²) in [5.41, 5.74) is 0. The first-order valence-electron chi connectivity index (χ1n) is 6.46. The summed E-state index contributed by atoms with van der Waals surface area (Å²) in [5.74, 6) is 1.67. The van der Waals surface area contributed by atoms with E-state index in [1.54, 1.807) is 0 Å². The number of hydrogen-bond donors (Lipinski definition) is 0. The van der Waals surface area contributed by atoms with Crippen molar-refractivity contribution in [3.63, 3.8) is 0 Å². The van der Waals surface area contributed by atoms with Gasteiger partial charge in [-0.3, -0.25) is 0 Å². The van der Waals surface area contributed by atoms with Crippen molar-refractivity contribution in [1.29, 1.82) is 0 Å². The average Bonchev–Trinajstić information content (AvgIpc) is 2.26. The Morgan fingerprint density at radius 1 is 1.13 bits per heavy atom. The van der Waals surface area contributed by atoms with Crippen molar-refractivity contribution in [2.45, 2.75) is 47.0 Å². The Balaban J connectivity index is 3.94. The number of alkyl halides is 1. The van der Waals surface area contributed by atoms with Crippen LogP contribution in [0.5, 0.6) is 0 Å². The highest BCUT2D eigenvalue weighted by Crippen LogP contribution is 2.13. The molecule has 2 unspecified atom stereocenters. The van der Waals surface area contributed by atoms with E-state index in [0.717, 1.165) is 17.2 Å². The van der Waals surface area contributed by atoms with Crippen LogP contribution in [0, 0.1) is 11.8 Å². The zero-order chi connectivity index (χ0) is 11.7. The highest BCUT2D eigenvalue weighted by atomic mass is 79.9. The van der Waals surface area contributed by atoms with Gasteiger partial charge in [0.1, 0.15) is 0 Å². The van der Waals surface area contributed by atoms with Gasteiger partial charge in [0, 0.05) is 18.4 Å². The van der Waals surface area contributed by atoms with E-state index in [0.29, 0.717) is 0 Å². The molecule has 0 aliphatic heterocycles. The molecule has 0 aromatic carbocycles. The Morgan fingerprint density at radius 2 is 1.80 bits per heavy atom. The van der Waals surface area contributed by atoms with Crippen LogP contribution in [0.3, 0.4) is 0 Å². The zero-order valence-corrected chi connectivity index (χ0v) is 12.5. The highest BCUT2D eigenvalue weighted by Gasteiger charge is 2.13. The van der Waals surface area contributed by atoms with Gasteiger partial charge in [-0.15, -0.1) is 0 Å². The molecule has 0 heterocycles. The average molecular weight is 278 g/mol. The van der Waals surface area contributed by atoms with Crippen LogP contribution in [0.15, 0.2) is 0 Å². The molecule has 0 fully saturated rings. The van der Waals surface area contributed by atoms with Gasteiger partial charge >= 0.3 is 0 Å². The lowest BCUT2D eigenvalue weighted by atomic mass is 10.0. The van der Waals surface area contributed by atoms with Gasteiger partial charge in [0.2, 0.25) is 0 Å². The van der Waals surface area contributed by atoms with Crippen LogP contribution < -0.4 is 0 Å². The molecule has 0 rings (SSSR count). The zero-order valence-electron chi connectivity index (χ0n) is 10.9.